The molecule has 0 aliphatic heterocycles. The van der Waals surface area contributed by atoms with Crippen LogP contribution in [0.5, 0.6) is 0 Å². The second-order valence-corrected chi connectivity index (χ2v) is 5.53. The first-order valence-electron chi connectivity index (χ1n) is 7.12. The summed E-state index contributed by atoms with van der Waals surface area (Å²) in [5.74, 6) is 0. The Kier molecular flexibility index (Phi) is 6.30. The van der Waals surface area contributed by atoms with Crippen LogP contribution in [0.25, 0.3) is 0 Å². The Morgan fingerprint density at radius 3 is 2.58 bits per heavy atom. The third kappa shape index (κ3) is 4.48. The zero-order valence-corrected chi connectivity index (χ0v) is 13.2. The largest absolute Gasteiger partial charge is 0.390 e. The van der Waals surface area contributed by atoms with Crippen LogP contribution < -0.4 is 5.32 Å². The predicted molar refractivity (Wildman–Crippen MR) is 79.8 cm³/mol. The quantitative estimate of drug-likeness (QED) is 0.722. The van der Waals surface area contributed by atoms with E-state index in [0.717, 1.165) is 37.4 Å². The molecule has 0 saturated heterocycles. The number of aliphatic hydroxyl groups is 1. The average molecular weight is 288 g/mol. The average Bonchev–Trinajstić information content (AvgIpc) is 2.66. The lowest BCUT2D eigenvalue weighted by molar-refractivity contribution is 0.0496. The molecular weight excluding hydrogens is 262 g/mol. The van der Waals surface area contributed by atoms with Gasteiger partial charge < -0.3 is 10.4 Å². The van der Waals surface area contributed by atoms with Gasteiger partial charge in [-0.2, -0.15) is 5.10 Å². The van der Waals surface area contributed by atoms with Crippen LogP contribution in [0.1, 0.15) is 45.5 Å². The van der Waals surface area contributed by atoms with E-state index in [9.17, 15) is 5.11 Å². The van der Waals surface area contributed by atoms with E-state index >= 15 is 0 Å². The van der Waals surface area contributed by atoms with Crippen LogP contribution in [0.2, 0.25) is 5.02 Å². The molecule has 0 aromatic carbocycles. The summed E-state index contributed by atoms with van der Waals surface area (Å²) < 4.78 is 1.91. The molecule has 1 aromatic rings. The van der Waals surface area contributed by atoms with Crippen molar-refractivity contribution in [3.8, 4) is 0 Å². The van der Waals surface area contributed by atoms with E-state index in [1.54, 1.807) is 0 Å². The maximum absolute atomic E-state index is 10.5. The van der Waals surface area contributed by atoms with Crippen LogP contribution in [-0.4, -0.2) is 33.6 Å². The van der Waals surface area contributed by atoms with E-state index in [0.29, 0.717) is 17.9 Å². The number of halogens is 1. The lowest BCUT2D eigenvalue weighted by Crippen LogP contribution is -2.33. The minimum Gasteiger partial charge on any atom is -0.390 e. The van der Waals surface area contributed by atoms with Crippen LogP contribution in [0.3, 0.4) is 0 Å². The topological polar surface area (TPSA) is 50.1 Å². The monoisotopic (exact) mass is 287 g/mol. The highest BCUT2D eigenvalue weighted by Gasteiger charge is 2.25. The molecule has 0 aliphatic carbocycles. The summed E-state index contributed by atoms with van der Waals surface area (Å²) in [6.07, 6.45) is 2.06. The van der Waals surface area contributed by atoms with E-state index in [1.165, 1.54) is 0 Å². The van der Waals surface area contributed by atoms with Crippen molar-refractivity contribution < 1.29 is 5.11 Å². The van der Waals surface area contributed by atoms with Gasteiger partial charge in [0.15, 0.2) is 0 Å². The SMILES string of the molecule is CCNCCC(C)(O)Cc1c(Cl)c(CC)nn1CC. The van der Waals surface area contributed by atoms with Crippen LogP contribution >= 0.6 is 11.6 Å². The maximum Gasteiger partial charge on any atom is 0.0850 e. The Balaban J connectivity index is 2.82. The molecule has 2 N–H and O–H groups in total. The van der Waals surface area contributed by atoms with Gasteiger partial charge in [-0.05, 0) is 39.8 Å². The van der Waals surface area contributed by atoms with Gasteiger partial charge in [-0.15, -0.1) is 0 Å². The summed E-state index contributed by atoms with van der Waals surface area (Å²) in [6, 6.07) is 0. The summed E-state index contributed by atoms with van der Waals surface area (Å²) in [5, 5.41) is 18.9. The Bertz CT molecular complexity index is 402. The van der Waals surface area contributed by atoms with Gasteiger partial charge in [0.25, 0.3) is 0 Å². The van der Waals surface area contributed by atoms with Crippen molar-refractivity contribution in [3.63, 3.8) is 0 Å². The molecule has 0 aliphatic rings. The van der Waals surface area contributed by atoms with Crippen molar-refractivity contribution in [2.45, 2.75) is 59.1 Å². The van der Waals surface area contributed by atoms with Gasteiger partial charge >= 0.3 is 0 Å². The van der Waals surface area contributed by atoms with Crippen LogP contribution in [0.15, 0.2) is 0 Å². The van der Waals surface area contributed by atoms with E-state index in [-0.39, 0.29) is 0 Å². The first-order valence-corrected chi connectivity index (χ1v) is 7.50. The van der Waals surface area contributed by atoms with Crippen molar-refractivity contribution in [3.05, 3.63) is 16.4 Å². The first-order chi connectivity index (χ1) is 8.95. The number of aromatic nitrogens is 2. The number of hydrogen-bond donors (Lipinski definition) is 2. The zero-order valence-electron chi connectivity index (χ0n) is 12.5. The Morgan fingerprint density at radius 2 is 2.05 bits per heavy atom. The molecule has 1 unspecified atom stereocenters. The number of nitrogens with one attached hydrogen (secondary N) is 1. The molecule has 0 saturated carbocycles. The molecule has 1 atom stereocenters. The van der Waals surface area contributed by atoms with Gasteiger partial charge in [-0.25, -0.2) is 0 Å². The van der Waals surface area contributed by atoms with E-state index in [2.05, 4.69) is 17.3 Å². The second kappa shape index (κ2) is 7.27. The zero-order chi connectivity index (χ0) is 14.5. The highest BCUT2D eigenvalue weighted by Crippen LogP contribution is 2.26. The van der Waals surface area contributed by atoms with Crippen molar-refractivity contribution in [2.24, 2.45) is 0 Å². The third-order valence-corrected chi connectivity index (χ3v) is 3.77. The molecular formula is C14H26ClN3O. The van der Waals surface area contributed by atoms with Crippen molar-refractivity contribution in [1.29, 1.82) is 0 Å². The predicted octanol–water partition coefficient (Wildman–Crippen LogP) is 2.41. The molecule has 4 nitrogen and oxygen atoms in total. The minimum absolute atomic E-state index is 0.540. The first kappa shape index (κ1) is 16.5. The summed E-state index contributed by atoms with van der Waals surface area (Å²) in [6.45, 7) is 10.5. The fourth-order valence-corrected chi connectivity index (χ4v) is 2.51. The molecule has 0 amide bonds. The van der Waals surface area contributed by atoms with E-state index in [4.69, 9.17) is 11.6 Å². The van der Waals surface area contributed by atoms with Gasteiger partial charge in [0.05, 0.1) is 22.0 Å². The standard InChI is InChI=1S/C14H26ClN3O/c1-5-11-13(15)12(18(7-3)17-11)10-14(4,19)8-9-16-6-2/h16,19H,5-10H2,1-4H3. The fourth-order valence-electron chi connectivity index (χ4n) is 2.17. The molecule has 1 aromatic heterocycles. The lowest BCUT2D eigenvalue weighted by atomic mass is 9.95. The highest BCUT2D eigenvalue weighted by molar-refractivity contribution is 6.31. The third-order valence-electron chi connectivity index (χ3n) is 3.33. The molecule has 0 fully saturated rings. The molecule has 1 heterocycles. The maximum atomic E-state index is 10.5. The molecule has 5 heteroatoms. The van der Waals surface area contributed by atoms with Crippen LogP contribution in [-0.2, 0) is 19.4 Å². The van der Waals surface area contributed by atoms with Gasteiger partial charge in [0.1, 0.15) is 0 Å². The number of rotatable bonds is 8. The van der Waals surface area contributed by atoms with Crippen molar-refractivity contribution in [2.75, 3.05) is 13.1 Å². The normalized spacial score (nSPS) is 14.6. The van der Waals surface area contributed by atoms with Gasteiger partial charge in [-0.1, -0.05) is 25.4 Å². The van der Waals surface area contributed by atoms with Crippen molar-refractivity contribution in [1.82, 2.24) is 15.1 Å². The minimum atomic E-state index is -0.760. The van der Waals surface area contributed by atoms with E-state index in [1.807, 2.05) is 25.5 Å². The fraction of sp³-hybridized carbons (Fsp3) is 0.786. The summed E-state index contributed by atoms with van der Waals surface area (Å²) in [7, 11) is 0. The van der Waals surface area contributed by atoms with Crippen LogP contribution in [0.4, 0.5) is 0 Å². The molecule has 0 radical (unpaired) electrons. The Labute approximate surface area is 121 Å². The van der Waals surface area contributed by atoms with Crippen LogP contribution in [0, 0.1) is 0 Å². The summed E-state index contributed by atoms with van der Waals surface area (Å²) >= 11 is 6.37. The number of aryl methyl sites for hydroxylation is 2. The van der Waals surface area contributed by atoms with Gasteiger partial charge in [0, 0.05) is 13.0 Å². The summed E-state index contributed by atoms with van der Waals surface area (Å²) in [4.78, 5) is 0. The lowest BCUT2D eigenvalue weighted by Gasteiger charge is -2.24. The smallest absolute Gasteiger partial charge is 0.0850 e. The number of nitrogens with zero attached hydrogens (tertiary/aromatic N) is 2. The Hall–Kier alpha value is -0.580. The molecule has 19 heavy (non-hydrogen) atoms. The second-order valence-electron chi connectivity index (χ2n) is 5.15. The molecule has 0 spiro atoms. The molecule has 1 rings (SSSR count). The van der Waals surface area contributed by atoms with Gasteiger partial charge in [-0.3, -0.25) is 4.68 Å². The number of hydrogen-bond acceptors (Lipinski definition) is 3. The Morgan fingerprint density at radius 1 is 1.37 bits per heavy atom. The highest BCUT2D eigenvalue weighted by atomic mass is 35.5. The van der Waals surface area contributed by atoms with Crippen molar-refractivity contribution >= 4 is 11.6 Å². The van der Waals surface area contributed by atoms with Gasteiger partial charge in [0.2, 0.25) is 0 Å². The van der Waals surface area contributed by atoms with E-state index < -0.39 is 5.60 Å². The summed E-state index contributed by atoms with van der Waals surface area (Å²) in [5.41, 5.74) is 1.10. The molecule has 110 valence electrons. The molecule has 0 bridgehead atoms.